The van der Waals surface area contributed by atoms with Crippen LogP contribution in [0.25, 0.3) is 0 Å². The fourth-order valence-electron chi connectivity index (χ4n) is 1.54. The lowest BCUT2D eigenvalue weighted by Gasteiger charge is -2.06. The highest BCUT2D eigenvalue weighted by Gasteiger charge is 2.17. The highest BCUT2D eigenvalue weighted by Crippen LogP contribution is 2.27. The fraction of sp³-hybridized carbons (Fsp3) is 0.273. The van der Waals surface area contributed by atoms with E-state index in [4.69, 9.17) is 9.84 Å². The van der Waals surface area contributed by atoms with Crippen LogP contribution in [0.15, 0.2) is 18.2 Å². The number of nitrogens with one attached hydrogen (secondary N) is 1. The van der Waals surface area contributed by atoms with E-state index >= 15 is 0 Å². The van der Waals surface area contributed by atoms with Gasteiger partial charge in [0.15, 0.2) is 0 Å². The molecular formula is C11H11NO4. The molecule has 0 saturated carbocycles. The van der Waals surface area contributed by atoms with Crippen LogP contribution < -0.4 is 10.1 Å². The summed E-state index contributed by atoms with van der Waals surface area (Å²) < 4.78 is 5.25. The number of amides is 1. The van der Waals surface area contributed by atoms with E-state index in [-0.39, 0.29) is 18.9 Å². The zero-order chi connectivity index (χ0) is 11.5. The van der Waals surface area contributed by atoms with E-state index in [1.54, 1.807) is 12.1 Å². The topological polar surface area (TPSA) is 75.6 Å². The average Bonchev–Trinajstić information content (AvgIpc) is 2.56. The molecule has 0 radical (unpaired) electrons. The second kappa shape index (κ2) is 4.22. The molecule has 1 aliphatic rings. The minimum atomic E-state index is -0.894. The van der Waals surface area contributed by atoms with Crippen LogP contribution in [0.1, 0.15) is 12.0 Å². The van der Waals surface area contributed by atoms with Gasteiger partial charge in [-0.3, -0.25) is 9.59 Å². The molecule has 0 bridgehead atoms. The number of carbonyl (C=O) groups is 2. The van der Waals surface area contributed by atoms with Crippen LogP contribution in [0.3, 0.4) is 0 Å². The lowest BCUT2D eigenvalue weighted by atomic mass is 10.1. The van der Waals surface area contributed by atoms with Crippen molar-refractivity contribution < 1.29 is 19.4 Å². The molecule has 1 amide bonds. The zero-order valence-electron chi connectivity index (χ0n) is 8.53. The van der Waals surface area contributed by atoms with Gasteiger partial charge in [-0.1, -0.05) is 6.07 Å². The SMILES string of the molecule is O=C(O)CCOc1ccc2c(c1)NC(=O)C2. The lowest BCUT2D eigenvalue weighted by molar-refractivity contribution is -0.137. The lowest BCUT2D eigenvalue weighted by Crippen LogP contribution is -2.05. The van der Waals surface area contributed by atoms with Crippen molar-refractivity contribution in [3.63, 3.8) is 0 Å². The average molecular weight is 221 g/mol. The molecule has 0 aromatic heterocycles. The summed E-state index contributed by atoms with van der Waals surface area (Å²) in [4.78, 5) is 21.4. The summed E-state index contributed by atoms with van der Waals surface area (Å²) in [6.07, 6.45) is 0.355. The van der Waals surface area contributed by atoms with E-state index in [0.717, 1.165) is 11.3 Å². The molecule has 1 heterocycles. The Morgan fingerprint density at radius 1 is 1.50 bits per heavy atom. The number of hydrogen-bond acceptors (Lipinski definition) is 3. The Morgan fingerprint density at radius 3 is 3.06 bits per heavy atom. The molecule has 0 spiro atoms. The van der Waals surface area contributed by atoms with E-state index < -0.39 is 5.97 Å². The minimum absolute atomic E-state index is 0.0299. The number of rotatable bonds is 4. The third-order valence-corrected chi connectivity index (χ3v) is 2.29. The molecule has 84 valence electrons. The first-order valence-corrected chi connectivity index (χ1v) is 4.92. The van der Waals surface area contributed by atoms with E-state index in [0.29, 0.717) is 12.2 Å². The van der Waals surface area contributed by atoms with Crippen LogP contribution in [0, 0.1) is 0 Å². The molecule has 2 rings (SSSR count). The summed E-state index contributed by atoms with van der Waals surface area (Å²) in [5.41, 5.74) is 1.69. The monoisotopic (exact) mass is 221 g/mol. The Balaban J connectivity index is 1.99. The number of aliphatic carboxylic acids is 1. The Bertz CT molecular complexity index is 442. The number of benzene rings is 1. The molecule has 0 atom stereocenters. The van der Waals surface area contributed by atoms with Gasteiger partial charge >= 0.3 is 5.97 Å². The molecule has 1 aromatic rings. The smallest absolute Gasteiger partial charge is 0.306 e. The number of fused-ring (bicyclic) bond motifs is 1. The van der Waals surface area contributed by atoms with Crippen LogP contribution in [0.4, 0.5) is 5.69 Å². The van der Waals surface area contributed by atoms with Gasteiger partial charge in [0.25, 0.3) is 0 Å². The van der Waals surface area contributed by atoms with Crippen LogP contribution in [0.5, 0.6) is 5.75 Å². The molecule has 5 nitrogen and oxygen atoms in total. The highest BCUT2D eigenvalue weighted by atomic mass is 16.5. The van der Waals surface area contributed by atoms with Crippen molar-refractivity contribution >= 4 is 17.6 Å². The first kappa shape index (κ1) is 10.5. The first-order valence-electron chi connectivity index (χ1n) is 4.92. The minimum Gasteiger partial charge on any atom is -0.493 e. The molecule has 1 aliphatic heterocycles. The van der Waals surface area contributed by atoms with Gasteiger partial charge in [0, 0.05) is 11.8 Å². The Kier molecular flexibility index (Phi) is 2.76. The molecule has 0 saturated heterocycles. The summed E-state index contributed by atoms with van der Waals surface area (Å²) in [6.45, 7) is 0.127. The number of carboxylic acid groups (broad SMARTS) is 1. The standard InChI is InChI=1S/C11H11NO4/c13-10-5-7-1-2-8(6-9(7)12-10)16-4-3-11(14)15/h1-2,6H,3-5H2,(H,12,13)(H,14,15). The molecule has 16 heavy (non-hydrogen) atoms. The molecule has 1 aromatic carbocycles. The number of hydrogen-bond donors (Lipinski definition) is 2. The van der Waals surface area contributed by atoms with Crippen molar-refractivity contribution in [1.82, 2.24) is 0 Å². The summed E-state index contributed by atoms with van der Waals surface area (Å²) in [5, 5.41) is 11.1. The molecule has 5 heteroatoms. The maximum Gasteiger partial charge on any atom is 0.306 e. The summed E-state index contributed by atoms with van der Waals surface area (Å²) >= 11 is 0. The van der Waals surface area contributed by atoms with E-state index in [9.17, 15) is 9.59 Å². The van der Waals surface area contributed by atoms with Gasteiger partial charge in [0.1, 0.15) is 5.75 Å². The molecule has 2 N–H and O–H groups in total. The van der Waals surface area contributed by atoms with Crippen molar-refractivity contribution in [2.45, 2.75) is 12.8 Å². The van der Waals surface area contributed by atoms with E-state index in [1.807, 2.05) is 6.07 Å². The largest absolute Gasteiger partial charge is 0.493 e. The summed E-state index contributed by atoms with van der Waals surface area (Å²) in [7, 11) is 0. The van der Waals surface area contributed by atoms with Crippen molar-refractivity contribution in [1.29, 1.82) is 0 Å². The Hall–Kier alpha value is -2.04. The van der Waals surface area contributed by atoms with Gasteiger partial charge in [0.2, 0.25) is 5.91 Å². The van der Waals surface area contributed by atoms with Crippen LogP contribution in [0.2, 0.25) is 0 Å². The zero-order valence-corrected chi connectivity index (χ0v) is 8.53. The highest BCUT2D eigenvalue weighted by molar-refractivity contribution is 5.99. The number of carbonyl (C=O) groups excluding carboxylic acids is 1. The van der Waals surface area contributed by atoms with Gasteiger partial charge in [-0.15, -0.1) is 0 Å². The maximum absolute atomic E-state index is 11.1. The van der Waals surface area contributed by atoms with Gasteiger partial charge < -0.3 is 15.2 Å². The maximum atomic E-state index is 11.1. The van der Waals surface area contributed by atoms with Crippen LogP contribution >= 0.6 is 0 Å². The van der Waals surface area contributed by atoms with Crippen molar-refractivity contribution in [2.75, 3.05) is 11.9 Å². The van der Waals surface area contributed by atoms with Crippen LogP contribution in [-0.2, 0) is 16.0 Å². The molecule has 0 fully saturated rings. The molecule has 0 aliphatic carbocycles. The number of carboxylic acids is 1. The van der Waals surface area contributed by atoms with Crippen molar-refractivity contribution in [3.05, 3.63) is 23.8 Å². The second-order valence-electron chi connectivity index (χ2n) is 3.54. The summed E-state index contributed by atoms with van der Waals surface area (Å²) in [6, 6.07) is 5.26. The third kappa shape index (κ3) is 2.31. The normalized spacial score (nSPS) is 13.1. The van der Waals surface area contributed by atoms with E-state index in [1.165, 1.54) is 0 Å². The Morgan fingerprint density at radius 2 is 2.31 bits per heavy atom. The van der Waals surface area contributed by atoms with Gasteiger partial charge in [-0.25, -0.2) is 0 Å². The van der Waals surface area contributed by atoms with E-state index in [2.05, 4.69) is 5.32 Å². The van der Waals surface area contributed by atoms with Crippen molar-refractivity contribution in [3.8, 4) is 5.75 Å². The van der Waals surface area contributed by atoms with Crippen LogP contribution in [-0.4, -0.2) is 23.6 Å². The van der Waals surface area contributed by atoms with Crippen molar-refractivity contribution in [2.24, 2.45) is 0 Å². The number of ether oxygens (including phenoxy) is 1. The quantitative estimate of drug-likeness (QED) is 0.796. The third-order valence-electron chi connectivity index (χ3n) is 2.29. The molecular weight excluding hydrogens is 210 g/mol. The molecule has 0 unspecified atom stereocenters. The predicted octanol–water partition coefficient (Wildman–Crippen LogP) is 1.03. The first-order chi connectivity index (χ1) is 7.65. The predicted molar refractivity (Wildman–Crippen MR) is 56.5 cm³/mol. The Labute approximate surface area is 92.0 Å². The second-order valence-corrected chi connectivity index (χ2v) is 3.54. The number of anilines is 1. The fourth-order valence-corrected chi connectivity index (χ4v) is 1.54. The van der Waals surface area contributed by atoms with Gasteiger partial charge in [-0.05, 0) is 11.6 Å². The van der Waals surface area contributed by atoms with Gasteiger partial charge in [-0.2, -0.15) is 0 Å². The van der Waals surface area contributed by atoms with Gasteiger partial charge in [0.05, 0.1) is 19.4 Å². The summed E-state index contributed by atoms with van der Waals surface area (Å²) in [5.74, 6) is -0.352.